The third-order valence-electron chi connectivity index (χ3n) is 6.68. The minimum Gasteiger partial charge on any atom is -0.497 e. The van der Waals surface area contributed by atoms with Crippen molar-refractivity contribution < 1.29 is 13.9 Å². The zero-order valence-electron chi connectivity index (χ0n) is 20.9. The minimum atomic E-state index is -0.209. The molecule has 1 heterocycles. The van der Waals surface area contributed by atoms with Gasteiger partial charge in [-0.1, -0.05) is 56.3 Å². The van der Waals surface area contributed by atoms with Gasteiger partial charge in [0.25, 0.3) is 5.91 Å². The molecule has 1 saturated heterocycles. The number of hydrogen-bond acceptors (Lipinski definition) is 3. The van der Waals surface area contributed by atoms with Crippen LogP contribution in [0.25, 0.3) is 0 Å². The number of amides is 1. The first-order valence-electron chi connectivity index (χ1n) is 12.4. The molecule has 2 atom stereocenters. The number of likely N-dealkylation sites (tertiary alicyclic amines) is 1. The lowest BCUT2D eigenvalue weighted by molar-refractivity contribution is 0.0703. The molecule has 0 spiro atoms. The molecule has 184 valence electrons. The molecule has 0 aliphatic carbocycles. The van der Waals surface area contributed by atoms with Gasteiger partial charge in [0.05, 0.1) is 7.11 Å². The monoisotopic (exact) mass is 474 g/mol. The van der Waals surface area contributed by atoms with E-state index >= 15 is 0 Å². The first-order chi connectivity index (χ1) is 16.9. The van der Waals surface area contributed by atoms with E-state index in [9.17, 15) is 9.18 Å². The van der Waals surface area contributed by atoms with Crippen LogP contribution in [0.4, 0.5) is 4.39 Å². The van der Waals surface area contributed by atoms with Crippen molar-refractivity contribution in [2.75, 3.05) is 33.3 Å². The highest BCUT2D eigenvalue weighted by atomic mass is 19.1. The molecular weight excluding hydrogens is 439 g/mol. The van der Waals surface area contributed by atoms with E-state index in [2.05, 4.69) is 30.9 Å². The minimum absolute atomic E-state index is 0.0762. The van der Waals surface area contributed by atoms with Crippen LogP contribution in [0.5, 0.6) is 5.75 Å². The maximum atomic E-state index is 13.8. The number of carbonyl (C=O) groups is 1. The summed E-state index contributed by atoms with van der Waals surface area (Å²) in [5, 5.41) is 0. The summed E-state index contributed by atoms with van der Waals surface area (Å²) in [6.45, 7) is 8.06. The van der Waals surface area contributed by atoms with Crippen molar-refractivity contribution in [3.63, 3.8) is 0 Å². The van der Waals surface area contributed by atoms with Crippen molar-refractivity contribution >= 4 is 5.91 Å². The van der Waals surface area contributed by atoms with E-state index in [0.717, 1.165) is 30.0 Å². The molecule has 1 aliphatic heterocycles. The van der Waals surface area contributed by atoms with Gasteiger partial charge in [0.2, 0.25) is 0 Å². The van der Waals surface area contributed by atoms with E-state index in [4.69, 9.17) is 4.74 Å². The van der Waals surface area contributed by atoms with Crippen molar-refractivity contribution in [1.29, 1.82) is 0 Å². The van der Waals surface area contributed by atoms with Crippen molar-refractivity contribution in [1.82, 2.24) is 9.80 Å². The van der Waals surface area contributed by atoms with Crippen LogP contribution in [0.1, 0.15) is 41.3 Å². The quantitative estimate of drug-likeness (QED) is 0.390. The Kier molecular flexibility index (Phi) is 8.19. The smallest absolute Gasteiger partial charge is 0.253 e. The van der Waals surface area contributed by atoms with Crippen LogP contribution in [-0.4, -0.2) is 49.0 Å². The van der Waals surface area contributed by atoms with Crippen LogP contribution in [0.15, 0.2) is 78.9 Å². The molecular formula is C30H35FN2O2. The number of nitrogens with zero attached hydrogens (tertiary/aromatic N) is 2. The molecule has 35 heavy (non-hydrogen) atoms. The molecule has 1 amide bonds. The molecule has 0 bridgehead atoms. The van der Waals surface area contributed by atoms with Gasteiger partial charge in [-0.3, -0.25) is 9.69 Å². The average Bonchev–Trinajstić information content (AvgIpc) is 3.25. The van der Waals surface area contributed by atoms with Crippen LogP contribution in [0, 0.1) is 17.7 Å². The van der Waals surface area contributed by atoms with Crippen molar-refractivity contribution in [2.45, 2.75) is 26.3 Å². The van der Waals surface area contributed by atoms with Gasteiger partial charge >= 0.3 is 0 Å². The number of halogens is 1. The molecule has 5 heteroatoms. The van der Waals surface area contributed by atoms with Crippen molar-refractivity contribution in [3.8, 4) is 5.75 Å². The zero-order valence-corrected chi connectivity index (χ0v) is 20.9. The summed E-state index contributed by atoms with van der Waals surface area (Å²) in [5.41, 5.74) is 2.91. The highest BCUT2D eigenvalue weighted by molar-refractivity contribution is 5.94. The van der Waals surface area contributed by atoms with E-state index in [1.54, 1.807) is 19.2 Å². The standard InChI is InChI=1S/C30H35FN2O2/c1-22(2)17-33(30(34)24-10-5-4-6-11-24)20-26-19-32(18-23-9-7-13-27(31)15-23)21-29(26)25-12-8-14-28(16-25)35-3/h4-16,22,26,29H,17-21H2,1-3H3. The Labute approximate surface area is 208 Å². The number of ether oxygens (including phenoxy) is 1. The van der Waals surface area contributed by atoms with Gasteiger partial charge in [-0.15, -0.1) is 0 Å². The molecule has 0 radical (unpaired) electrons. The fourth-order valence-corrected chi connectivity index (χ4v) is 5.15. The predicted octanol–water partition coefficient (Wildman–Crippen LogP) is 5.85. The normalized spacial score (nSPS) is 18.1. The summed E-state index contributed by atoms with van der Waals surface area (Å²) in [6.07, 6.45) is 0. The number of hydrogen-bond donors (Lipinski definition) is 0. The SMILES string of the molecule is COc1cccc(C2CN(Cc3cccc(F)c3)CC2CN(CC(C)C)C(=O)c2ccccc2)c1. The van der Waals surface area contributed by atoms with Gasteiger partial charge in [-0.25, -0.2) is 4.39 Å². The fraction of sp³-hybridized carbons (Fsp3) is 0.367. The van der Waals surface area contributed by atoms with Gasteiger partial charge in [0, 0.05) is 44.2 Å². The maximum Gasteiger partial charge on any atom is 0.253 e. The van der Waals surface area contributed by atoms with Gasteiger partial charge < -0.3 is 9.64 Å². The summed E-state index contributed by atoms with van der Waals surface area (Å²) >= 11 is 0. The number of benzene rings is 3. The Bertz CT molecular complexity index is 1120. The summed E-state index contributed by atoms with van der Waals surface area (Å²) < 4.78 is 19.3. The summed E-state index contributed by atoms with van der Waals surface area (Å²) in [6, 6.07) is 24.6. The topological polar surface area (TPSA) is 32.8 Å². The first-order valence-corrected chi connectivity index (χ1v) is 12.4. The Morgan fingerprint density at radius 3 is 2.51 bits per heavy atom. The third kappa shape index (κ3) is 6.49. The van der Waals surface area contributed by atoms with Crippen molar-refractivity contribution in [2.24, 2.45) is 11.8 Å². The van der Waals surface area contributed by atoms with Crippen LogP contribution < -0.4 is 4.74 Å². The molecule has 3 aromatic rings. The highest BCUT2D eigenvalue weighted by Crippen LogP contribution is 2.36. The second-order valence-corrected chi connectivity index (χ2v) is 9.94. The van der Waals surface area contributed by atoms with Gasteiger partial charge in [0.1, 0.15) is 11.6 Å². The average molecular weight is 475 g/mol. The molecule has 4 nitrogen and oxygen atoms in total. The summed E-state index contributed by atoms with van der Waals surface area (Å²) in [5.74, 6) is 1.57. The van der Waals surface area contributed by atoms with E-state index in [0.29, 0.717) is 25.6 Å². The Hall–Kier alpha value is -3.18. The molecule has 2 unspecified atom stereocenters. The van der Waals surface area contributed by atoms with Crippen molar-refractivity contribution in [3.05, 3.63) is 101 Å². The summed E-state index contributed by atoms with van der Waals surface area (Å²) in [4.78, 5) is 17.9. The largest absolute Gasteiger partial charge is 0.497 e. The van der Waals surface area contributed by atoms with Crippen LogP contribution >= 0.6 is 0 Å². The fourth-order valence-electron chi connectivity index (χ4n) is 5.15. The second-order valence-electron chi connectivity index (χ2n) is 9.94. The van der Waals surface area contributed by atoms with Gasteiger partial charge in [-0.2, -0.15) is 0 Å². The number of rotatable bonds is 9. The lowest BCUT2D eigenvalue weighted by atomic mass is 9.88. The molecule has 4 rings (SSSR count). The molecule has 1 fully saturated rings. The van der Waals surface area contributed by atoms with Gasteiger partial charge in [-0.05, 0) is 59.4 Å². The van der Waals surface area contributed by atoms with Crippen LogP contribution in [0.3, 0.4) is 0 Å². The number of carbonyl (C=O) groups excluding carboxylic acids is 1. The first kappa shape index (κ1) is 24.9. The molecule has 1 aliphatic rings. The molecule has 0 saturated carbocycles. The number of methoxy groups -OCH3 is 1. The third-order valence-corrected chi connectivity index (χ3v) is 6.68. The lowest BCUT2D eigenvalue weighted by Gasteiger charge is -2.30. The van der Waals surface area contributed by atoms with E-state index in [1.807, 2.05) is 53.4 Å². The lowest BCUT2D eigenvalue weighted by Crippen LogP contribution is -2.39. The molecule has 3 aromatic carbocycles. The zero-order chi connectivity index (χ0) is 24.8. The highest BCUT2D eigenvalue weighted by Gasteiger charge is 2.36. The molecule has 0 aromatic heterocycles. The maximum absolute atomic E-state index is 13.8. The Balaban J connectivity index is 1.60. The van der Waals surface area contributed by atoms with E-state index < -0.39 is 0 Å². The Morgan fingerprint density at radius 2 is 1.80 bits per heavy atom. The summed E-state index contributed by atoms with van der Waals surface area (Å²) in [7, 11) is 1.68. The Morgan fingerprint density at radius 1 is 1.03 bits per heavy atom. The van der Waals surface area contributed by atoms with Gasteiger partial charge in [0.15, 0.2) is 0 Å². The van der Waals surface area contributed by atoms with Crippen LogP contribution in [-0.2, 0) is 6.54 Å². The molecule has 0 N–H and O–H groups in total. The van der Waals surface area contributed by atoms with Crippen LogP contribution in [0.2, 0.25) is 0 Å². The second kappa shape index (κ2) is 11.5. The predicted molar refractivity (Wildman–Crippen MR) is 138 cm³/mol. The van der Waals surface area contributed by atoms with E-state index in [-0.39, 0.29) is 23.6 Å². The van der Waals surface area contributed by atoms with E-state index in [1.165, 1.54) is 11.6 Å².